The molecule has 0 atom stereocenters. The van der Waals surface area contributed by atoms with Gasteiger partial charge in [0.1, 0.15) is 24.7 Å². The molecule has 5 heterocycles. The van der Waals surface area contributed by atoms with Crippen molar-refractivity contribution in [3.05, 3.63) is 164 Å². The number of nitrogens with zero attached hydrogens (tertiary/aromatic N) is 4. The number of hydrogen-bond acceptors (Lipinski definition) is 13. The highest BCUT2D eigenvalue weighted by Gasteiger charge is 2.52. The van der Waals surface area contributed by atoms with Crippen molar-refractivity contribution in [3.8, 4) is 11.1 Å². The first-order valence-corrected chi connectivity index (χ1v) is 28.1. The van der Waals surface area contributed by atoms with Crippen LogP contribution in [0.5, 0.6) is 0 Å². The molecule has 3 aliphatic rings. The third kappa shape index (κ3) is 13.6. The first kappa shape index (κ1) is 60.7. The Morgan fingerprint density at radius 1 is 0.695 bits per heavy atom. The fourth-order valence-electron chi connectivity index (χ4n) is 10.3. The van der Waals surface area contributed by atoms with Crippen LogP contribution >= 0.6 is 0 Å². The van der Waals surface area contributed by atoms with Crippen molar-refractivity contribution in [2.45, 2.75) is 138 Å². The topological polar surface area (TPSA) is 180 Å². The van der Waals surface area contributed by atoms with Crippen LogP contribution in [0.3, 0.4) is 0 Å². The van der Waals surface area contributed by atoms with Gasteiger partial charge >= 0.3 is 19.1 Å². The zero-order valence-electron chi connectivity index (χ0n) is 50.1. The van der Waals surface area contributed by atoms with E-state index in [1.165, 1.54) is 29.5 Å². The number of aryl methyl sites for hydroxylation is 1. The summed E-state index contributed by atoms with van der Waals surface area (Å²) in [5, 5.41) is 6.46. The quantitative estimate of drug-likeness (QED) is 0.0564. The lowest BCUT2D eigenvalue weighted by molar-refractivity contribution is -0.143. The molecule has 16 nitrogen and oxygen atoms in total. The highest BCUT2D eigenvalue weighted by Crippen LogP contribution is 2.40. The van der Waals surface area contributed by atoms with Gasteiger partial charge in [0.15, 0.2) is 0 Å². The molecular weight excluding hydrogens is 1040 g/mol. The maximum absolute atomic E-state index is 13.9. The maximum atomic E-state index is 13.9. The number of hydrogen-bond donors (Lipinski definition) is 2. The van der Waals surface area contributed by atoms with Crippen molar-refractivity contribution in [2.75, 3.05) is 48.5 Å². The molecule has 1 fully saturated rings. The molecule has 0 saturated carbocycles. The minimum absolute atomic E-state index is 0.0174. The summed E-state index contributed by atoms with van der Waals surface area (Å²) in [5.74, 6) is -0.436. The standard InChI is InChI=1S/C37H43N5O5.C28H36BNO5/c1-24(43)47-23-31-29(8-7-9-33(31)42-16-14-26-18-28(37(2,3)4)11-12-30(26)35(42)44)27-19-32(36(45)41(5)22-27)40-34-13-10-25(21-39-34)20-38-15-17-46-6;1-18(31)33-17-22-23(29-34-27(5,6)28(7,8)35-29)10-9-11-24(22)30-15-14-19-16-20(26(2,3)4)12-13-21(19)25(30)32/h7-13,18-19,21-22,38H,14-17,20,23H2,1-6H3,(H,39,40);9-13,16H,14-15,17H2,1-8H3. The van der Waals surface area contributed by atoms with Crippen LogP contribution in [0.15, 0.2) is 108 Å². The molecule has 2 aromatic heterocycles. The Morgan fingerprint density at radius 3 is 1.74 bits per heavy atom. The minimum atomic E-state index is -0.632. The number of anilines is 4. The van der Waals surface area contributed by atoms with Crippen LogP contribution in [0.1, 0.15) is 143 Å². The van der Waals surface area contributed by atoms with E-state index in [0.29, 0.717) is 72.2 Å². The van der Waals surface area contributed by atoms with Crippen molar-refractivity contribution in [1.29, 1.82) is 0 Å². The Morgan fingerprint density at radius 2 is 1.23 bits per heavy atom. The van der Waals surface area contributed by atoms with E-state index in [2.05, 4.69) is 69.3 Å². The van der Waals surface area contributed by atoms with Crippen LogP contribution in [0, 0.1) is 0 Å². The molecule has 17 heteroatoms. The summed E-state index contributed by atoms with van der Waals surface area (Å²) >= 11 is 0. The smallest absolute Gasteiger partial charge is 0.461 e. The second kappa shape index (κ2) is 24.6. The number of carbonyl (C=O) groups is 4. The zero-order valence-corrected chi connectivity index (χ0v) is 50.1. The third-order valence-corrected chi connectivity index (χ3v) is 15.8. The summed E-state index contributed by atoms with van der Waals surface area (Å²) in [6, 6.07) is 29.2. The molecule has 0 aliphatic carbocycles. The second-order valence-electron chi connectivity index (χ2n) is 24.4. The van der Waals surface area contributed by atoms with Gasteiger partial charge in [0.25, 0.3) is 17.4 Å². The van der Waals surface area contributed by atoms with Crippen molar-refractivity contribution < 1.29 is 42.7 Å². The molecular formula is C65H79BN6O10. The number of aromatic nitrogens is 2. The Bertz CT molecular complexity index is 3420. The summed E-state index contributed by atoms with van der Waals surface area (Å²) in [4.78, 5) is 72.6. The van der Waals surface area contributed by atoms with Gasteiger partial charge in [-0.2, -0.15) is 0 Å². The molecule has 82 heavy (non-hydrogen) atoms. The molecule has 432 valence electrons. The molecule has 6 aromatic rings. The summed E-state index contributed by atoms with van der Waals surface area (Å²) in [5.41, 5.74) is 11.0. The molecule has 0 bridgehead atoms. The van der Waals surface area contributed by atoms with Gasteiger partial charge in [-0.1, -0.05) is 96.1 Å². The highest BCUT2D eigenvalue weighted by atomic mass is 16.7. The molecule has 0 spiro atoms. The maximum Gasteiger partial charge on any atom is 0.495 e. The predicted octanol–water partition coefficient (Wildman–Crippen LogP) is 10.0. The van der Waals surface area contributed by atoms with Gasteiger partial charge in [0, 0.05) is 94.4 Å². The highest BCUT2D eigenvalue weighted by molar-refractivity contribution is 6.63. The van der Waals surface area contributed by atoms with Crippen LogP contribution in [-0.4, -0.2) is 85.0 Å². The molecule has 3 aliphatic heterocycles. The first-order valence-electron chi connectivity index (χ1n) is 28.1. The average molecular weight is 1120 g/mol. The molecule has 2 N–H and O–H groups in total. The number of ether oxygens (including phenoxy) is 3. The molecule has 1 saturated heterocycles. The van der Waals surface area contributed by atoms with E-state index in [1.54, 1.807) is 42.4 Å². The Hall–Kier alpha value is -7.44. The van der Waals surface area contributed by atoms with E-state index in [9.17, 15) is 24.0 Å². The second-order valence-corrected chi connectivity index (χ2v) is 24.4. The number of benzene rings is 4. The number of nitrogens with one attached hydrogen (secondary N) is 2. The number of rotatable bonds is 15. The van der Waals surface area contributed by atoms with Gasteiger partial charge < -0.3 is 48.5 Å². The van der Waals surface area contributed by atoms with Crippen molar-refractivity contribution in [2.24, 2.45) is 7.05 Å². The van der Waals surface area contributed by atoms with Crippen molar-refractivity contribution in [1.82, 2.24) is 14.9 Å². The lowest BCUT2D eigenvalue weighted by atomic mass is 9.75. The number of carbonyl (C=O) groups excluding carboxylic acids is 4. The zero-order chi connectivity index (χ0) is 59.5. The Balaban J connectivity index is 0.000000224. The molecule has 0 unspecified atom stereocenters. The Labute approximate surface area is 483 Å². The van der Waals surface area contributed by atoms with Crippen LogP contribution in [-0.2, 0) is 83.6 Å². The lowest BCUT2D eigenvalue weighted by Gasteiger charge is -2.32. The SMILES string of the molecule is CC(=O)OCc1c(B2OC(C)(C)C(C)(C)O2)cccc1N1CCc2cc(C(C)(C)C)ccc2C1=O.COCCNCc1ccc(Nc2cc(-c3cccc(N4CCc5cc(C(C)(C)C)ccc5C4=O)c3COC(C)=O)cn(C)c2=O)nc1. The fraction of sp³-hybridized carbons (Fsp3) is 0.415. The van der Waals surface area contributed by atoms with E-state index < -0.39 is 24.3 Å². The van der Waals surface area contributed by atoms with Crippen molar-refractivity contribution in [3.63, 3.8) is 0 Å². The number of fused-ring (bicyclic) bond motifs is 2. The van der Waals surface area contributed by atoms with Crippen molar-refractivity contribution >= 4 is 59.2 Å². The largest absolute Gasteiger partial charge is 0.495 e. The molecule has 0 radical (unpaired) electrons. The van der Waals surface area contributed by atoms with Gasteiger partial charge in [-0.3, -0.25) is 24.0 Å². The summed E-state index contributed by atoms with van der Waals surface area (Å²) in [6.07, 6.45) is 4.95. The summed E-state index contributed by atoms with van der Waals surface area (Å²) in [7, 11) is 2.72. The Kier molecular flexibility index (Phi) is 18.2. The van der Waals surface area contributed by atoms with E-state index in [4.69, 9.17) is 23.5 Å². The van der Waals surface area contributed by atoms with E-state index in [1.807, 2.05) is 100 Å². The predicted molar refractivity (Wildman–Crippen MR) is 322 cm³/mol. The van der Waals surface area contributed by atoms with Crippen LogP contribution in [0.4, 0.5) is 22.9 Å². The molecule has 4 aromatic carbocycles. The molecule has 2 amide bonds. The van der Waals surface area contributed by atoms with Crippen LogP contribution in [0.2, 0.25) is 0 Å². The van der Waals surface area contributed by atoms with E-state index in [-0.39, 0.29) is 47.4 Å². The lowest BCUT2D eigenvalue weighted by Crippen LogP contribution is -2.42. The van der Waals surface area contributed by atoms with Crippen LogP contribution < -0.4 is 31.5 Å². The number of pyridine rings is 2. The normalized spacial score (nSPS) is 15.6. The van der Waals surface area contributed by atoms with E-state index >= 15 is 0 Å². The van der Waals surface area contributed by atoms with Gasteiger partial charge in [-0.05, 0) is 127 Å². The monoisotopic (exact) mass is 1110 g/mol. The third-order valence-electron chi connectivity index (χ3n) is 15.8. The van der Waals surface area contributed by atoms with Gasteiger partial charge in [0.2, 0.25) is 0 Å². The van der Waals surface area contributed by atoms with Gasteiger partial charge in [-0.15, -0.1) is 0 Å². The number of amides is 2. The van der Waals surface area contributed by atoms with Crippen LogP contribution in [0.25, 0.3) is 11.1 Å². The van der Waals surface area contributed by atoms with E-state index in [0.717, 1.165) is 51.8 Å². The van der Waals surface area contributed by atoms with Gasteiger partial charge in [0.05, 0.1) is 29.2 Å². The fourth-order valence-corrected chi connectivity index (χ4v) is 10.3. The first-order chi connectivity index (χ1) is 38.7. The average Bonchev–Trinajstić information content (AvgIpc) is 3.44. The number of esters is 2. The number of methoxy groups -OCH3 is 1. The summed E-state index contributed by atoms with van der Waals surface area (Å²) < 4.78 is 30.1. The minimum Gasteiger partial charge on any atom is -0.461 e. The van der Waals surface area contributed by atoms with Gasteiger partial charge in [-0.25, -0.2) is 4.98 Å². The molecule has 9 rings (SSSR count). The summed E-state index contributed by atoms with van der Waals surface area (Å²) in [6.45, 7) is 26.8.